The number of carbonyl (C=O) groups excluding carboxylic acids is 1. The van der Waals surface area contributed by atoms with Crippen LogP contribution in [0.4, 0.5) is 5.69 Å². The van der Waals surface area contributed by atoms with E-state index in [-0.39, 0.29) is 38.6 Å². The normalized spacial score (nSPS) is 11.0. The van der Waals surface area contributed by atoms with Gasteiger partial charge in [0.05, 0.1) is 19.6 Å². The number of benzene rings is 1. The van der Waals surface area contributed by atoms with Crippen LogP contribution < -0.4 is 5.32 Å². The molecule has 3 nitrogen and oxygen atoms in total. The van der Waals surface area contributed by atoms with E-state index >= 15 is 0 Å². The summed E-state index contributed by atoms with van der Waals surface area (Å²) in [6, 6.07) is 4.23. The molecule has 0 bridgehead atoms. The molecule has 0 unspecified atom stereocenters. The van der Waals surface area contributed by atoms with Gasteiger partial charge in [-0.1, -0.05) is 17.7 Å². The van der Waals surface area contributed by atoms with E-state index in [2.05, 4.69) is 59.0 Å². The summed E-state index contributed by atoms with van der Waals surface area (Å²) in [6.45, 7) is 16.2. The van der Waals surface area contributed by atoms with Crippen molar-refractivity contribution in [3.8, 4) is 0 Å². The van der Waals surface area contributed by atoms with Crippen LogP contribution in [0.1, 0.15) is 37.5 Å². The molecule has 0 aliphatic rings. The topological polar surface area (TPSA) is 29.1 Å². The van der Waals surface area contributed by atoms with Crippen LogP contribution in [0.2, 0.25) is 0 Å². The number of anilines is 1. The second-order valence-corrected chi connectivity index (χ2v) is 5.77. The molecular formula is C17H29N2OY+. The molecule has 0 fully saturated rings. The number of carbonyl (C=O) groups is 1. The van der Waals surface area contributed by atoms with E-state index in [1.807, 2.05) is 0 Å². The SMILES string of the molecule is CC[N+](CC)(CC)CC(=O)Nc1c(C)cc(C)cc1C.[Y]. The third kappa shape index (κ3) is 5.47. The van der Waals surface area contributed by atoms with Crippen molar-refractivity contribution in [1.82, 2.24) is 0 Å². The Hall–Kier alpha value is -0.246. The molecule has 115 valence electrons. The molecule has 1 radical (unpaired) electrons. The molecule has 0 aromatic heterocycles. The van der Waals surface area contributed by atoms with Crippen molar-refractivity contribution in [2.24, 2.45) is 0 Å². The fourth-order valence-corrected chi connectivity index (χ4v) is 2.87. The summed E-state index contributed by atoms with van der Waals surface area (Å²) in [7, 11) is 0. The Balaban J connectivity index is 0.00000400. The first-order valence-electron chi connectivity index (χ1n) is 7.60. The fourth-order valence-electron chi connectivity index (χ4n) is 2.87. The minimum absolute atomic E-state index is 0. The third-order valence-electron chi connectivity index (χ3n) is 4.43. The first kappa shape index (κ1) is 20.8. The van der Waals surface area contributed by atoms with Gasteiger partial charge in [0, 0.05) is 38.4 Å². The minimum Gasteiger partial charge on any atom is -0.321 e. The van der Waals surface area contributed by atoms with Crippen LogP contribution in [-0.4, -0.2) is 36.6 Å². The van der Waals surface area contributed by atoms with Gasteiger partial charge in [0.2, 0.25) is 0 Å². The monoisotopic (exact) mass is 366 g/mol. The summed E-state index contributed by atoms with van der Waals surface area (Å²) in [6.07, 6.45) is 0. The Morgan fingerprint density at radius 1 is 1.00 bits per heavy atom. The number of nitrogens with zero attached hydrogens (tertiary/aromatic N) is 1. The molecule has 21 heavy (non-hydrogen) atoms. The average Bonchev–Trinajstić information content (AvgIpc) is 2.40. The number of rotatable bonds is 6. The summed E-state index contributed by atoms with van der Waals surface area (Å²) in [5, 5.41) is 3.11. The van der Waals surface area contributed by atoms with Crippen molar-refractivity contribution in [2.75, 3.05) is 31.5 Å². The van der Waals surface area contributed by atoms with Gasteiger partial charge in [0.1, 0.15) is 0 Å². The van der Waals surface area contributed by atoms with Crippen molar-refractivity contribution in [3.05, 3.63) is 28.8 Å². The maximum absolute atomic E-state index is 12.4. The fraction of sp³-hybridized carbons (Fsp3) is 0.588. The molecule has 0 saturated carbocycles. The molecule has 0 saturated heterocycles. The minimum atomic E-state index is 0. The van der Waals surface area contributed by atoms with Crippen LogP contribution in [0.25, 0.3) is 0 Å². The number of hydrogen-bond donors (Lipinski definition) is 1. The predicted molar refractivity (Wildman–Crippen MR) is 86.0 cm³/mol. The number of amides is 1. The molecule has 0 spiro atoms. The van der Waals surface area contributed by atoms with E-state index in [4.69, 9.17) is 0 Å². The largest absolute Gasteiger partial charge is 0.321 e. The molecule has 1 rings (SSSR count). The van der Waals surface area contributed by atoms with Crippen molar-refractivity contribution < 1.29 is 42.0 Å². The van der Waals surface area contributed by atoms with Crippen molar-refractivity contribution >= 4 is 11.6 Å². The molecule has 1 aromatic rings. The zero-order valence-electron chi connectivity index (χ0n) is 14.4. The average molecular weight is 366 g/mol. The van der Waals surface area contributed by atoms with Gasteiger partial charge in [-0.25, -0.2) is 0 Å². The second kappa shape index (κ2) is 9.02. The van der Waals surface area contributed by atoms with E-state index in [1.54, 1.807) is 0 Å². The zero-order valence-corrected chi connectivity index (χ0v) is 17.3. The van der Waals surface area contributed by atoms with Gasteiger partial charge in [0.15, 0.2) is 6.54 Å². The first-order valence-corrected chi connectivity index (χ1v) is 7.60. The van der Waals surface area contributed by atoms with E-state index in [9.17, 15) is 4.79 Å². The molecule has 0 aliphatic heterocycles. The van der Waals surface area contributed by atoms with E-state index in [0.29, 0.717) is 6.54 Å². The molecule has 1 amide bonds. The number of likely N-dealkylation sites (N-methyl/N-ethyl adjacent to an activating group) is 1. The van der Waals surface area contributed by atoms with Crippen LogP contribution in [-0.2, 0) is 37.5 Å². The Morgan fingerprint density at radius 3 is 1.81 bits per heavy atom. The molecule has 1 aromatic carbocycles. The summed E-state index contributed by atoms with van der Waals surface area (Å²) in [4.78, 5) is 12.4. The summed E-state index contributed by atoms with van der Waals surface area (Å²) < 4.78 is 0.843. The maximum Gasteiger partial charge on any atom is 0.279 e. The summed E-state index contributed by atoms with van der Waals surface area (Å²) in [5.74, 6) is 0.116. The summed E-state index contributed by atoms with van der Waals surface area (Å²) >= 11 is 0. The third-order valence-corrected chi connectivity index (χ3v) is 4.43. The summed E-state index contributed by atoms with van der Waals surface area (Å²) in [5.41, 5.74) is 4.48. The van der Waals surface area contributed by atoms with Gasteiger partial charge in [-0.15, -0.1) is 0 Å². The van der Waals surface area contributed by atoms with Crippen LogP contribution in [0.5, 0.6) is 0 Å². The molecule has 0 atom stereocenters. The maximum atomic E-state index is 12.4. The van der Waals surface area contributed by atoms with Gasteiger partial charge < -0.3 is 9.80 Å². The standard InChI is InChI=1S/C17H28N2O.Y/c1-7-19(8-2,9-3)12-16(20)18-17-14(5)10-13(4)11-15(17)6;/h10-11H,7-9,12H2,1-6H3;/p+1. The molecule has 0 heterocycles. The Morgan fingerprint density at radius 2 is 1.43 bits per heavy atom. The van der Waals surface area contributed by atoms with Crippen LogP contribution in [0.15, 0.2) is 12.1 Å². The quantitative estimate of drug-likeness (QED) is 0.768. The number of hydrogen-bond acceptors (Lipinski definition) is 1. The number of nitrogens with one attached hydrogen (secondary N) is 1. The van der Waals surface area contributed by atoms with Gasteiger partial charge in [0.25, 0.3) is 5.91 Å². The van der Waals surface area contributed by atoms with E-state index < -0.39 is 0 Å². The zero-order chi connectivity index (χ0) is 15.3. The molecule has 4 heteroatoms. The van der Waals surface area contributed by atoms with Crippen LogP contribution >= 0.6 is 0 Å². The van der Waals surface area contributed by atoms with Crippen molar-refractivity contribution in [1.29, 1.82) is 0 Å². The van der Waals surface area contributed by atoms with Crippen molar-refractivity contribution in [3.63, 3.8) is 0 Å². The first-order chi connectivity index (χ1) is 9.37. The Bertz CT molecular complexity index is 450. The molecule has 0 aliphatic carbocycles. The molecular weight excluding hydrogens is 337 g/mol. The van der Waals surface area contributed by atoms with Gasteiger partial charge >= 0.3 is 0 Å². The van der Waals surface area contributed by atoms with Crippen LogP contribution in [0.3, 0.4) is 0 Å². The predicted octanol–water partition coefficient (Wildman–Crippen LogP) is 3.42. The van der Waals surface area contributed by atoms with Gasteiger partial charge in [-0.05, 0) is 52.7 Å². The number of aryl methyl sites for hydroxylation is 3. The Kier molecular flexibility index (Phi) is 8.91. The van der Waals surface area contributed by atoms with Crippen LogP contribution in [0, 0.1) is 20.8 Å². The van der Waals surface area contributed by atoms with E-state index in [1.165, 1.54) is 5.56 Å². The van der Waals surface area contributed by atoms with Crippen molar-refractivity contribution in [2.45, 2.75) is 41.5 Å². The molecule has 1 N–H and O–H groups in total. The smallest absolute Gasteiger partial charge is 0.279 e. The van der Waals surface area contributed by atoms with Gasteiger partial charge in [-0.2, -0.15) is 0 Å². The Labute approximate surface area is 155 Å². The van der Waals surface area contributed by atoms with E-state index in [0.717, 1.165) is 40.9 Å². The number of quaternary nitrogens is 1. The second-order valence-electron chi connectivity index (χ2n) is 5.77. The van der Waals surface area contributed by atoms with Gasteiger partial charge in [-0.3, -0.25) is 4.79 Å².